The first-order chi connectivity index (χ1) is 7.59. The number of carboxylic acid groups (broad SMARTS) is 1. The number of rotatable bonds is 3. The van der Waals surface area contributed by atoms with Crippen LogP contribution in [0.4, 0.5) is 4.79 Å². The van der Waals surface area contributed by atoms with Gasteiger partial charge in [0, 0.05) is 0 Å². The standard InChI is InChI=1S/C9H7NO4S2/c11-6-4-16-9(14)10(6)3-5-1-2-15-7(5)8(12)13/h1-2H,3-4H2,(H,12,13). The van der Waals surface area contributed by atoms with Gasteiger partial charge in [-0.05, 0) is 17.0 Å². The second-order valence-electron chi connectivity index (χ2n) is 3.11. The van der Waals surface area contributed by atoms with Crippen molar-refractivity contribution in [2.75, 3.05) is 5.75 Å². The molecule has 1 aliphatic rings. The molecule has 84 valence electrons. The lowest BCUT2D eigenvalue weighted by atomic mass is 10.2. The maximum atomic E-state index is 11.3. The van der Waals surface area contributed by atoms with E-state index in [1.807, 2.05) is 0 Å². The van der Waals surface area contributed by atoms with Gasteiger partial charge in [0.1, 0.15) is 4.88 Å². The van der Waals surface area contributed by atoms with Crippen LogP contribution < -0.4 is 0 Å². The molecule has 0 spiro atoms. The molecule has 5 nitrogen and oxygen atoms in total. The Labute approximate surface area is 99.1 Å². The summed E-state index contributed by atoms with van der Waals surface area (Å²) in [6.07, 6.45) is 0. The number of amides is 2. The summed E-state index contributed by atoms with van der Waals surface area (Å²) in [6.45, 7) is 0.0514. The molecule has 16 heavy (non-hydrogen) atoms. The summed E-state index contributed by atoms with van der Waals surface area (Å²) in [5, 5.41) is 10.2. The molecule has 0 saturated carbocycles. The Bertz CT molecular complexity index is 452. The summed E-state index contributed by atoms with van der Waals surface area (Å²) in [5.74, 6) is -1.15. The Morgan fingerprint density at radius 2 is 2.25 bits per heavy atom. The van der Waals surface area contributed by atoms with Crippen molar-refractivity contribution < 1.29 is 19.5 Å². The summed E-state index contributed by atoms with van der Waals surface area (Å²) in [6, 6.07) is 1.62. The van der Waals surface area contributed by atoms with Crippen molar-refractivity contribution in [2.45, 2.75) is 6.54 Å². The van der Waals surface area contributed by atoms with Crippen LogP contribution >= 0.6 is 23.1 Å². The quantitative estimate of drug-likeness (QED) is 0.891. The smallest absolute Gasteiger partial charge is 0.346 e. The number of imide groups is 1. The summed E-state index contributed by atoms with van der Waals surface area (Å²) >= 11 is 2.03. The molecule has 1 aliphatic heterocycles. The topological polar surface area (TPSA) is 74.7 Å². The van der Waals surface area contributed by atoms with Crippen LogP contribution in [0.25, 0.3) is 0 Å². The fourth-order valence-corrected chi connectivity index (χ4v) is 2.83. The number of thioether (sulfide) groups is 1. The molecule has 0 aliphatic carbocycles. The minimum atomic E-state index is -1.03. The van der Waals surface area contributed by atoms with E-state index in [0.717, 1.165) is 28.0 Å². The largest absolute Gasteiger partial charge is 0.477 e. The van der Waals surface area contributed by atoms with Gasteiger partial charge in [0.2, 0.25) is 5.91 Å². The van der Waals surface area contributed by atoms with Crippen LogP contribution in [0, 0.1) is 0 Å². The summed E-state index contributed by atoms with van der Waals surface area (Å²) in [4.78, 5) is 34.7. The maximum Gasteiger partial charge on any atom is 0.346 e. The molecule has 0 atom stereocenters. The lowest BCUT2D eigenvalue weighted by Gasteiger charge is -2.11. The molecular formula is C9H7NO4S2. The molecule has 2 heterocycles. The summed E-state index contributed by atoms with van der Waals surface area (Å²) in [5.41, 5.74) is 0.502. The van der Waals surface area contributed by atoms with E-state index in [2.05, 4.69) is 0 Å². The Hall–Kier alpha value is -1.34. The normalized spacial score (nSPS) is 15.9. The highest BCUT2D eigenvalue weighted by molar-refractivity contribution is 8.14. The predicted molar refractivity (Wildman–Crippen MR) is 59.7 cm³/mol. The van der Waals surface area contributed by atoms with E-state index in [0.29, 0.717) is 5.56 Å². The van der Waals surface area contributed by atoms with Gasteiger partial charge in [0.15, 0.2) is 0 Å². The van der Waals surface area contributed by atoms with E-state index in [1.54, 1.807) is 11.4 Å². The Morgan fingerprint density at radius 1 is 1.50 bits per heavy atom. The van der Waals surface area contributed by atoms with Crippen LogP contribution in [0.15, 0.2) is 11.4 Å². The highest BCUT2D eigenvalue weighted by Gasteiger charge is 2.30. The van der Waals surface area contributed by atoms with Gasteiger partial charge >= 0.3 is 5.97 Å². The molecule has 2 rings (SSSR count). The van der Waals surface area contributed by atoms with Crippen molar-refractivity contribution in [3.8, 4) is 0 Å². The molecule has 1 aromatic rings. The van der Waals surface area contributed by atoms with Crippen LogP contribution in [0.1, 0.15) is 15.2 Å². The van der Waals surface area contributed by atoms with Gasteiger partial charge in [-0.25, -0.2) is 4.79 Å². The first-order valence-corrected chi connectivity index (χ1v) is 6.23. The first-order valence-electron chi connectivity index (χ1n) is 4.36. The fraction of sp³-hybridized carbons (Fsp3) is 0.222. The average molecular weight is 257 g/mol. The Morgan fingerprint density at radius 3 is 2.81 bits per heavy atom. The highest BCUT2D eigenvalue weighted by atomic mass is 32.2. The number of carbonyl (C=O) groups excluding carboxylic acids is 2. The number of thiophene rings is 1. The third-order valence-corrected chi connectivity index (χ3v) is 3.91. The third-order valence-electron chi connectivity index (χ3n) is 2.11. The Balaban J connectivity index is 2.20. The lowest BCUT2D eigenvalue weighted by molar-refractivity contribution is -0.125. The zero-order chi connectivity index (χ0) is 11.7. The average Bonchev–Trinajstić information content (AvgIpc) is 2.80. The number of aromatic carboxylic acids is 1. The van der Waals surface area contributed by atoms with E-state index < -0.39 is 5.97 Å². The fourth-order valence-electron chi connectivity index (χ4n) is 1.35. The van der Waals surface area contributed by atoms with Crippen molar-refractivity contribution in [3.05, 3.63) is 21.9 Å². The summed E-state index contributed by atoms with van der Waals surface area (Å²) in [7, 11) is 0. The van der Waals surface area contributed by atoms with Crippen LogP contribution in [0.2, 0.25) is 0 Å². The van der Waals surface area contributed by atoms with Gasteiger partial charge in [0.25, 0.3) is 5.24 Å². The predicted octanol–water partition coefficient (Wildman–Crippen LogP) is 1.64. The monoisotopic (exact) mass is 257 g/mol. The minimum Gasteiger partial charge on any atom is -0.477 e. The molecular weight excluding hydrogens is 250 g/mol. The number of hydrogen-bond donors (Lipinski definition) is 1. The molecule has 1 saturated heterocycles. The molecule has 1 aromatic heterocycles. The van der Waals surface area contributed by atoms with Gasteiger partial charge in [-0.1, -0.05) is 11.8 Å². The van der Waals surface area contributed by atoms with Gasteiger partial charge in [-0.15, -0.1) is 11.3 Å². The van der Waals surface area contributed by atoms with Crippen LogP contribution in [-0.4, -0.2) is 32.9 Å². The first kappa shape index (κ1) is 11.2. The molecule has 1 N–H and O–H groups in total. The van der Waals surface area contributed by atoms with E-state index in [4.69, 9.17) is 5.11 Å². The van der Waals surface area contributed by atoms with Crippen LogP contribution in [-0.2, 0) is 11.3 Å². The van der Waals surface area contributed by atoms with E-state index >= 15 is 0 Å². The molecule has 2 amide bonds. The van der Waals surface area contributed by atoms with Crippen molar-refractivity contribution in [1.29, 1.82) is 0 Å². The minimum absolute atomic E-state index is 0.0514. The molecule has 0 aromatic carbocycles. The van der Waals surface area contributed by atoms with Gasteiger partial charge in [-0.3, -0.25) is 14.5 Å². The molecule has 0 unspecified atom stereocenters. The van der Waals surface area contributed by atoms with Crippen LogP contribution in [0.5, 0.6) is 0 Å². The number of nitrogens with zero attached hydrogens (tertiary/aromatic N) is 1. The van der Waals surface area contributed by atoms with Gasteiger partial charge in [0.05, 0.1) is 12.3 Å². The Kier molecular flexibility index (Phi) is 2.97. The van der Waals surface area contributed by atoms with E-state index in [-0.39, 0.29) is 28.3 Å². The van der Waals surface area contributed by atoms with Crippen molar-refractivity contribution in [2.24, 2.45) is 0 Å². The number of carbonyl (C=O) groups is 3. The van der Waals surface area contributed by atoms with E-state index in [9.17, 15) is 14.4 Å². The van der Waals surface area contributed by atoms with E-state index in [1.165, 1.54) is 0 Å². The zero-order valence-corrected chi connectivity index (χ0v) is 9.64. The maximum absolute atomic E-state index is 11.3. The second kappa shape index (κ2) is 4.26. The van der Waals surface area contributed by atoms with Crippen molar-refractivity contribution in [1.82, 2.24) is 4.90 Å². The lowest BCUT2D eigenvalue weighted by Crippen LogP contribution is -2.28. The number of hydrogen-bond acceptors (Lipinski definition) is 5. The SMILES string of the molecule is O=C(O)c1sccc1CN1C(=O)CSC1=O. The molecule has 0 radical (unpaired) electrons. The van der Waals surface area contributed by atoms with Crippen molar-refractivity contribution >= 4 is 40.2 Å². The molecule has 7 heteroatoms. The second-order valence-corrected chi connectivity index (χ2v) is 4.96. The highest BCUT2D eigenvalue weighted by Crippen LogP contribution is 2.24. The van der Waals surface area contributed by atoms with Gasteiger partial charge < -0.3 is 5.11 Å². The van der Waals surface area contributed by atoms with Gasteiger partial charge in [-0.2, -0.15) is 0 Å². The zero-order valence-electron chi connectivity index (χ0n) is 8.00. The van der Waals surface area contributed by atoms with Crippen LogP contribution in [0.3, 0.4) is 0 Å². The van der Waals surface area contributed by atoms with Crippen molar-refractivity contribution in [3.63, 3.8) is 0 Å². The molecule has 1 fully saturated rings. The molecule has 0 bridgehead atoms. The number of carboxylic acids is 1. The summed E-state index contributed by atoms with van der Waals surface area (Å²) < 4.78 is 0. The third kappa shape index (κ3) is 1.96.